The molecule has 1 aromatic carbocycles. The second-order valence-electron chi connectivity index (χ2n) is 5.88. The van der Waals surface area contributed by atoms with Gasteiger partial charge in [0.05, 0.1) is 18.4 Å². The van der Waals surface area contributed by atoms with Crippen LogP contribution in [0.1, 0.15) is 22.5 Å². The molecule has 0 bridgehead atoms. The summed E-state index contributed by atoms with van der Waals surface area (Å²) in [7, 11) is 1.37. The Balaban J connectivity index is 1.65. The van der Waals surface area contributed by atoms with Gasteiger partial charge in [-0.15, -0.1) is 0 Å². The SMILES string of the molecule is COC(=O)c1ccc(NC2CCN(c3cccc(Cl)c3)C2)nc1C. The normalized spacial score (nSPS) is 17.0. The standard InChI is InChI=1S/C18H20ClN3O2/c1-12-16(18(23)24-2)6-7-17(20-12)21-14-8-9-22(11-14)15-5-3-4-13(19)10-15/h3-7,10,14H,8-9,11H2,1-2H3,(H,20,21). The third-order valence-corrected chi connectivity index (χ3v) is 4.44. The van der Waals surface area contributed by atoms with Crippen LogP contribution in [0.25, 0.3) is 0 Å². The van der Waals surface area contributed by atoms with Gasteiger partial charge in [-0.2, -0.15) is 0 Å². The average Bonchev–Trinajstić information content (AvgIpc) is 3.03. The lowest BCUT2D eigenvalue weighted by molar-refractivity contribution is 0.0599. The molecule has 1 fully saturated rings. The molecular formula is C18H20ClN3O2. The van der Waals surface area contributed by atoms with Crippen LogP contribution in [0.4, 0.5) is 11.5 Å². The molecule has 1 aliphatic rings. The summed E-state index contributed by atoms with van der Waals surface area (Å²) in [6.45, 7) is 3.67. The van der Waals surface area contributed by atoms with Crippen molar-refractivity contribution in [2.45, 2.75) is 19.4 Å². The lowest BCUT2D eigenvalue weighted by Crippen LogP contribution is -2.26. The summed E-state index contributed by atoms with van der Waals surface area (Å²) >= 11 is 6.07. The molecule has 0 saturated carbocycles. The first kappa shape index (κ1) is 16.6. The van der Waals surface area contributed by atoms with Gasteiger partial charge >= 0.3 is 5.97 Å². The second-order valence-corrected chi connectivity index (χ2v) is 6.31. The number of nitrogens with one attached hydrogen (secondary N) is 1. The van der Waals surface area contributed by atoms with Crippen LogP contribution in [0, 0.1) is 6.92 Å². The van der Waals surface area contributed by atoms with Gasteiger partial charge in [-0.25, -0.2) is 9.78 Å². The first-order chi connectivity index (χ1) is 11.6. The summed E-state index contributed by atoms with van der Waals surface area (Å²) in [6.07, 6.45) is 1.02. The van der Waals surface area contributed by atoms with Gasteiger partial charge in [-0.05, 0) is 43.7 Å². The molecule has 24 heavy (non-hydrogen) atoms. The number of esters is 1. The minimum atomic E-state index is -0.362. The van der Waals surface area contributed by atoms with Gasteiger partial charge in [-0.1, -0.05) is 17.7 Å². The Labute approximate surface area is 146 Å². The summed E-state index contributed by atoms with van der Waals surface area (Å²) in [5.41, 5.74) is 2.29. The molecule has 0 radical (unpaired) electrons. The van der Waals surface area contributed by atoms with Gasteiger partial charge in [0.15, 0.2) is 0 Å². The number of rotatable bonds is 4. The van der Waals surface area contributed by atoms with Crippen LogP contribution >= 0.6 is 11.6 Å². The second kappa shape index (κ2) is 7.09. The van der Waals surface area contributed by atoms with Crippen molar-refractivity contribution in [3.63, 3.8) is 0 Å². The van der Waals surface area contributed by atoms with Crippen LogP contribution < -0.4 is 10.2 Å². The maximum atomic E-state index is 11.6. The number of ether oxygens (including phenoxy) is 1. The fourth-order valence-corrected chi connectivity index (χ4v) is 3.15. The minimum absolute atomic E-state index is 0.305. The quantitative estimate of drug-likeness (QED) is 0.859. The van der Waals surface area contributed by atoms with Crippen LogP contribution in [0.5, 0.6) is 0 Å². The summed E-state index contributed by atoms with van der Waals surface area (Å²) in [6, 6.07) is 11.8. The number of aromatic nitrogens is 1. The van der Waals surface area contributed by atoms with E-state index in [1.54, 1.807) is 6.07 Å². The maximum absolute atomic E-state index is 11.6. The van der Waals surface area contributed by atoms with Crippen LogP contribution in [0.15, 0.2) is 36.4 Å². The summed E-state index contributed by atoms with van der Waals surface area (Å²) in [5, 5.41) is 4.19. The van der Waals surface area contributed by atoms with E-state index in [4.69, 9.17) is 16.3 Å². The number of carbonyl (C=O) groups is 1. The molecule has 0 spiro atoms. The average molecular weight is 346 g/mol. The van der Waals surface area contributed by atoms with Crippen molar-refractivity contribution in [1.29, 1.82) is 0 Å². The molecule has 126 valence electrons. The highest BCUT2D eigenvalue weighted by atomic mass is 35.5. The van der Waals surface area contributed by atoms with E-state index in [2.05, 4.69) is 21.3 Å². The number of benzene rings is 1. The number of anilines is 2. The molecule has 3 rings (SSSR count). The van der Waals surface area contributed by atoms with Gasteiger partial charge in [0.25, 0.3) is 0 Å². The molecule has 5 nitrogen and oxygen atoms in total. The molecule has 1 atom stereocenters. The Kier molecular flexibility index (Phi) is 4.90. The zero-order valence-corrected chi connectivity index (χ0v) is 14.5. The van der Waals surface area contributed by atoms with E-state index < -0.39 is 0 Å². The number of aryl methyl sites for hydroxylation is 1. The molecule has 1 unspecified atom stereocenters. The lowest BCUT2D eigenvalue weighted by Gasteiger charge is -2.19. The molecule has 2 aromatic rings. The molecule has 6 heteroatoms. The van der Waals surface area contributed by atoms with Crippen molar-refractivity contribution in [3.8, 4) is 0 Å². The maximum Gasteiger partial charge on any atom is 0.339 e. The Morgan fingerprint density at radius 1 is 1.38 bits per heavy atom. The highest BCUT2D eigenvalue weighted by molar-refractivity contribution is 6.30. The van der Waals surface area contributed by atoms with Crippen LogP contribution in [-0.2, 0) is 4.74 Å². The van der Waals surface area contributed by atoms with Gasteiger partial charge in [0, 0.05) is 29.8 Å². The van der Waals surface area contributed by atoms with E-state index in [1.165, 1.54) is 7.11 Å². The predicted octanol–water partition coefficient (Wildman–Crippen LogP) is 3.52. The zero-order valence-electron chi connectivity index (χ0n) is 13.8. The number of methoxy groups -OCH3 is 1. The van der Waals surface area contributed by atoms with E-state index in [9.17, 15) is 4.79 Å². The van der Waals surface area contributed by atoms with Gasteiger partial charge < -0.3 is 15.0 Å². The molecule has 1 aliphatic heterocycles. The molecule has 0 aliphatic carbocycles. The lowest BCUT2D eigenvalue weighted by atomic mass is 10.2. The molecule has 2 heterocycles. The van der Waals surface area contributed by atoms with Crippen molar-refractivity contribution >= 4 is 29.1 Å². The summed E-state index contributed by atoms with van der Waals surface area (Å²) < 4.78 is 4.75. The van der Waals surface area contributed by atoms with Crippen LogP contribution in [-0.4, -0.2) is 37.2 Å². The van der Waals surface area contributed by atoms with Crippen molar-refractivity contribution in [2.24, 2.45) is 0 Å². The molecular weight excluding hydrogens is 326 g/mol. The van der Waals surface area contributed by atoms with E-state index in [-0.39, 0.29) is 5.97 Å². The van der Waals surface area contributed by atoms with E-state index in [0.717, 1.165) is 36.0 Å². The number of carbonyl (C=O) groups excluding carboxylic acids is 1. The number of hydrogen-bond acceptors (Lipinski definition) is 5. The smallest absolute Gasteiger partial charge is 0.339 e. The topological polar surface area (TPSA) is 54.5 Å². The Bertz CT molecular complexity index is 751. The molecule has 1 saturated heterocycles. The molecule has 1 aromatic heterocycles. The third-order valence-electron chi connectivity index (χ3n) is 4.20. The van der Waals surface area contributed by atoms with Gasteiger partial charge in [-0.3, -0.25) is 0 Å². The van der Waals surface area contributed by atoms with Crippen molar-refractivity contribution in [2.75, 3.05) is 30.4 Å². The van der Waals surface area contributed by atoms with Crippen molar-refractivity contribution in [3.05, 3.63) is 52.7 Å². The first-order valence-corrected chi connectivity index (χ1v) is 8.27. The largest absolute Gasteiger partial charge is 0.465 e. The van der Waals surface area contributed by atoms with E-state index in [1.807, 2.05) is 31.2 Å². The number of pyridine rings is 1. The fraction of sp³-hybridized carbons (Fsp3) is 0.333. The van der Waals surface area contributed by atoms with Crippen LogP contribution in [0.2, 0.25) is 5.02 Å². The molecule has 1 N–H and O–H groups in total. The number of hydrogen-bond donors (Lipinski definition) is 1. The van der Waals surface area contributed by atoms with Crippen LogP contribution in [0.3, 0.4) is 0 Å². The Morgan fingerprint density at radius 2 is 2.21 bits per heavy atom. The minimum Gasteiger partial charge on any atom is -0.465 e. The third kappa shape index (κ3) is 3.62. The highest BCUT2D eigenvalue weighted by Gasteiger charge is 2.23. The Morgan fingerprint density at radius 3 is 2.92 bits per heavy atom. The van der Waals surface area contributed by atoms with Gasteiger partial charge in [0.1, 0.15) is 5.82 Å². The van der Waals surface area contributed by atoms with Gasteiger partial charge in [0.2, 0.25) is 0 Å². The van der Waals surface area contributed by atoms with E-state index >= 15 is 0 Å². The highest BCUT2D eigenvalue weighted by Crippen LogP contribution is 2.25. The zero-order chi connectivity index (χ0) is 17.1. The summed E-state index contributed by atoms with van der Waals surface area (Å²) in [5.74, 6) is 0.414. The first-order valence-electron chi connectivity index (χ1n) is 7.90. The van der Waals surface area contributed by atoms with Crippen molar-refractivity contribution in [1.82, 2.24) is 4.98 Å². The monoisotopic (exact) mass is 345 g/mol. The number of nitrogens with zero attached hydrogens (tertiary/aromatic N) is 2. The molecule has 0 amide bonds. The van der Waals surface area contributed by atoms with Crippen molar-refractivity contribution < 1.29 is 9.53 Å². The summed E-state index contributed by atoms with van der Waals surface area (Å²) in [4.78, 5) is 18.4. The fourth-order valence-electron chi connectivity index (χ4n) is 2.96. The predicted molar refractivity (Wildman–Crippen MR) is 96.0 cm³/mol. The van der Waals surface area contributed by atoms with E-state index in [0.29, 0.717) is 17.3 Å². The Hall–Kier alpha value is -2.27. The number of halogens is 1.